The molecule has 3 amide bonds. The predicted octanol–water partition coefficient (Wildman–Crippen LogP) is 2.87. The molecule has 2 aromatic rings. The van der Waals surface area contributed by atoms with Gasteiger partial charge in [-0.3, -0.25) is 9.69 Å². The lowest BCUT2D eigenvalue weighted by Gasteiger charge is -2.14. The monoisotopic (exact) mass is 325 g/mol. The highest BCUT2D eigenvalue weighted by molar-refractivity contribution is 6.04. The molecule has 0 radical (unpaired) electrons. The quantitative estimate of drug-likeness (QED) is 0.888. The molecule has 0 atom stereocenters. The van der Waals surface area contributed by atoms with Crippen LogP contribution in [-0.2, 0) is 0 Å². The first-order valence-electron chi connectivity index (χ1n) is 7.87. The lowest BCUT2D eigenvalue weighted by atomic mass is 10.2. The number of benzene rings is 2. The van der Waals surface area contributed by atoms with Crippen molar-refractivity contribution in [3.8, 4) is 5.75 Å². The lowest BCUT2D eigenvalue weighted by Crippen LogP contribution is -2.27. The summed E-state index contributed by atoms with van der Waals surface area (Å²) in [6, 6.07) is 14.1. The number of nitrogens with one attached hydrogen (secondary N) is 2. The number of amides is 3. The Morgan fingerprint density at radius 2 is 1.88 bits per heavy atom. The first-order valence-corrected chi connectivity index (χ1v) is 7.87. The van der Waals surface area contributed by atoms with Crippen molar-refractivity contribution in [2.75, 3.05) is 29.9 Å². The molecule has 1 fully saturated rings. The van der Waals surface area contributed by atoms with E-state index in [1.54, 1.807) is 41.3 Å². The summed E-state index contributed by atoms with van der Waals surface area (Å²) in [5.74, 6) is 0.548. The topological polar surface area (TPSA) is 70.7 Å². The zero-order valence-electron chi connectivity index (χ0n) is 13.4. The van der Waals surface area contributed by atoms with Crippen molar-refractivity contribution in [1.29, 1.82) is 0 Å². The van der Waals surface area contributed by atoms with E-state index in [4.69, 9.17) is 4.74 Å². The fraction of sp³-hybridized carbons (Fsp3) is 0.222. The van der Waals surface area contributed by atoms with Crippen molar-refractivity contribution in [3.05, 3.63) is 54.1 Å². The molecule has 0 spiro atoms. The van der Waals surface area contributed by atoms with Gasteiger partial charge in [0, 0.05) is 30.0 Å². The van der Waals surface area contributed by atoms with E-state index in [1.165, 1.54) is 0 Å². The number of hydrogen-bond donors (Lipinski definition) is 2. The van der Waals surface area contributed by atoms with E-state index in [0.29, 0.717) is 30.9 Å². The third-order valence-electron chi connectivity index (χ3n) is 3.72. The zero-order chi connectivity index (χ0) is 16.9. The van der Waals surface area contributed by atoms with Crippen LogP contribution in [-0.4, -0.2) is 31.6 Å². The second-order valence-corrected chi connectivity index (χ2v) is 5.34. The number of carbonyl (C=O) groups is 2. The van der Waals surface area contributed by atoms with Crippen LogP contribution in [0.2, 0.25) is 0 Å². The molecular weight excluding hydrogens is 306 g/mol. The van der Waals surface area contributed by atoms with Crippen LogP contribution in [0.15, 0.2) is 48.5 Å². The molecule has 1 aliphatic heterocycles. The highest BCUT2D eigenvalue weighted by Gasteiger charge is 2.20. The van der Waals surface area contributed by atoms with Gasteiger partial charge in [-0.15, -0.1) is 0 Å². The van der Waals surface area contributed by atoms with Crippen LogP contribution in [0.5, 0.6) is 5.75 Å². The van der Waals surface area contributed by atoms with Crippen LogP contribution in [0, 0.1) is 0 Å². The van der Waals surface area contributed by atoms with Crippen molar-refractivity contribution in [2.24, 2.45) is 0 Å². The number of nitrogens with zero attached hydrogens (tertiary/aromatic N) is 1. The van der Waals surface area contributed by atoms with Crippen molar-refractivity contribution in [1.82, 2.24) is 5.32 Å². The van der Waals surface area contributed by atoms with Gasteiger partial charge in [-0.05, 0) is 55.5 Å². The molecular formula is C18H19N3O3. The van der Waals surface area contributed by atoms with E-state index >= 15 is 0 Å². The third-order valence-corrected chi connectivity index (χ3v) is 3.72. The van der Waals surface area contributed by atoms with Crippen molar-refractivity contribution < 1.29 is 14.3 Å². The van der Waals surface area contributed by atoms with E-state index in [-0.39, 0.29) is 11.9 Å². The highest BCUT2D eigenvalue weighted by Crippen LogP contribution is 2.20. The van der Waals surface area contributed by atoms with Crippen LogP contribution in [0.1, 0.15) is 17.3 Å². The van der Waals surface area contributed by atoms with Crippen LogP contribution < -0.4 is 20.3 Å². The Kier molecular flexibility index (Phi) is 4.65. The summed E-state index contributed by atoms with van der Waals surface area (Å²) in [5, 5.41) is 5.60. The summed E-state index contributed by atoms with van der Waals surface area (Å²) in [4.78, 5) is 25.5. The zero-order valence-corrected chi connectivity index (χ0v) is 13.4. The third kappa shape index (κ3) is 3.48. The van der Waals surface area contributed by atoms with E-state index in [1.807, 2.05) is 19.1 Å². The molecule has 1 heterocycles. The van der Waals surface area contributed by atoms with E-state index in [9.17, 15) is 9.59 Å². The van der Waals surface area contributed by atoms with Crippen molar-refractivity contribution in [2.45, 2.75) is 6.92 Å². The summed E-state index contributed by atoms with van der Waals surface area (Å²) in [6.07, 6.45) is 0. The number of rotatable bonds is 5. The van der Waals surface area contributed by atoms with E-state index in [2.05, 4.69) is 10.6 Å². The SMILES string of the molecule is CCOc1ccc(C(=O)Nc2ccc(N3CCNC3=O)cc2)cc1. The normalized spacial score (nSPS) is 13.5. The van der Waals surface area contributed by atoms with Crippen LogP contribution in [0.4, 0.5) is 16.2 Å². The number of urea groups is 1. The van der Waals surface area contributed by atoms with Crippen LogP contribution in [0.25, 0.3) is 0 Å². The van der Waals surface area contributed by atoms with Gasteiger partial charge < -0.3 is 15.4 Å². The molecule has 2 N–H and O–H groups in total. The highest BCUT2D eigenvalue weighted by atomic mass is 16.5. The Morgan fingerprint density at radius 1 is 1.17 bits per heavy atom. The Hall–Kier alpha value is -3.02. The van der Waals surface area contributed by atoms with E-state index in [0.717, 1.165) is 11.4 Å². The Labute approximate surface area is 140 Å². The largest absolute Gasteiger partial charge is 0.494 e. The van der Waals surface area contributed by atoms with Gasteiger partial charge in [0.1, 0.15) is 5.75 Å². The maximum Gasteiger partial charge on any atom is 0.321 e. The van der Waals surface area contributed by atoms with Gasteiger partial charge in [0.25, 0.3) is 5.91 Å². The number of anilines is 2. The first kappa shape index (κ1) is 15.9. The molecule has 6 heteroatoms. The lowest BCUT2D eigenvalue weighted by molar-refractivity contribution is 0.102. The van der Waals surface area contributed by atoms with Gasteiger partial charge >= 0.3 is 6.03 Å². The molecule has 0 aliphatic carbocycles. The fourth-order valence-electron chi connectivity index (χ4n) is 2.52. The second-order valence-electron chi connectivity index (χ2n) is 5.34. The minimum absolute atomic E-state index is 0.0961. The molecule has 0 bridgehead atoms. The fourth-order valence-corrected chi connectivity index (χ4v) is 2.52. The van der Waals surface area contributed by atoms with Gasteiger partial charge in [-0.2, -0.15) is 0 Å². The molecule has 2 aromatic carbocycles. The maximum absolute atomic E-state index is 12.2. The molecule has 1 aliphatic rings. The van der Waals surface area contributed by atoms with Crippen LogP contribution in [0.3, 0.4) is 0 Å². The summed E-state index contributed by atoms with van der Waals surface area (Å²) in [7, 11) is 0. The van der Waals surface area contributed by atoms with Gasteiger partial charge in [0.15, 0.2) is 0 Å². The number of hydrogen-bond acceptors (Lipinski definition) is 3. The Balaban J connectivity index is 1.64. The molecule has 24 heavy (non-hydrogen) atoms. The molecule has 3 rings (SSSR count). The van der Waals surface area contributed by atoms with Gasteiger partial charge in [-0.1, -0.05) is 0 Å². The van der Waals surface area contributed by atoms with Gasteiger partial charge in [0.2, 0.25) is 0 Å². The second kappa shape index (κ2) is 7.04. The van der Waals surface area contributed by atoms with Gasteiger partial charge in [0.05, 0.1) is 6.61 Å². The average molecular weight is 325 g/mol. The Bertz CT molecular complexity index is 726. The molecule has 0 unspecified atom stereocenters. The summed E-state index contributed by atoms with van der Waals surface area (Å²) >= 11 is 0. The van der Waals surface area contributed by atoms with Gasteiger partial charge in [-0.25, -0.2) is 4.79 Å². The minimum atomic E-state index is -0.190. The van der Waals surface area contributed by atoms with E-state index < -0.39 is 0 Å². The summed E-state index contributed by atoms with van der Waals surface area (Å²) in [6.45, 7) is 3.80. The molecule has 0 aromatic heterocycles. The van der Waals surface area contributed by atoms with Crippen molar-refractivity contribution >= 4 is 23.3 Å². The molecule has 1 saturated heterocycles. The first-order chi connectivity index (χ1) is 11.7. The molecule has 6 nitrogen and oxygen atoms in total. The molecule has 124 valence electrons. The predicted molar refractivity (Wildman–Crippen MR) is 92.8 cm³/mol. The standard InChI is InChI=1S/C18H19N3O3/c1-2-24-16-9-3-13(4-10-16)17(22)20-14-5-7-15(8-6-14)21-12-11-19-18(21)23/h3-10H,2,11-12H2,1H3,(H,19,23)(H,20,22). The van der Waals surface area contributed by atoms with Crippen molar-refractivity contribution in [3.63, 3.8) is 0 Å². The molecule has 0 saturated carbocycles. The number of carbonyl (C=O) groups excluding carboxylic acids is 2. The summed E-state index contributed by atoms with van der Waals surface area (Å²) < 4.78 is 5.36. The Morgan fingerprint density at radius 3 is 2.46 bits per heavy atom. The summed E-state index contributed by atoms with van der Waals surface area (Å²) in [5.41, 5.74) is 2.04. The smallest absolute Gasteiger partial charge is 0.321 e. The average Bonchev–Trinajstić information content (AvgIpc) is 3.02. The maximum atomic E-state index is 12.2. The minimum Gasteiger partial charge on any atom is -0.494 e. The number of ether oxygens (including phenoxy) is 1. The van der Waals surface area contributed by atoms with Crippen LogP contribution >= 0.6 is 0 Å².